The number of nitrogens with zero attached hydrogens (tertiary/aromatic N) is 2. The largest absolute Gasteiger partial charge is 0.494 e. The lowest BCUT2D eigenvalue weighted by Crippen LogP contribution is -2.18. The molecule has 182 valence electrons. The van der Waals surface area contributed by atoms with Crippen LogP contribution in [-0.2, 0) is 16.0 Å². The van der Waals surface area contributed by atoms with Crippen LogP contribution in [0, 0.1) is 0 Å². The molecule has 0 aliphatic carbocycles. The van der Waals surface area contributed by atoms with Crippen molar-refractivity contribution in [2.24, 2.45) is 0 Å². The summed E-state index contributed by atoms with van der Waals surface area (Å²) in [7, 11) is 0. The van der Waals surface area contributed by atoms with Crippen molar-refractivity contribution >= 4 is 40.2 Å². The zero-order valence-electron chi connectivity index (χ0n) is 19.0. The molecule has 3 N–H and O–H groups in total. The molecule has 0 atom stereocenters. The zero-order chi connectivity index (χ0) is 24.6. The highest BCUT2D eigenvalue weighted by Gasteiger charge is 2.19. The summed E-state index contributed by atoms with van der Waals surface area (Å²) in [5, 5.41) is 11.5. The van der Waals surface area contributed by atoms with Crippen molar-refractivity contribution < 1.29 is 28.7 Å². The van der Waals surface area contributed by atoms with E-state index in [1.807, 2.05) is 0 Å². The average Bonchev–Trinajstić information content (AvgIpc) is 3.45. The van der Waals surface area contributed by atoms with Gasteiger partial charge in [-0.25, -0.2) is 20.2 Å². The molecule has 0 saturated carbocycles. The Balaban J connectivity index is 1.41. The predicted octanol–water partition coefficient (Wildman–Crippen LogP) is 5.00. The smallest absolute Gasteiger partial charge is 0.418 e. The van der Waals surface area contributed by atoms with E-state index >= 15 is 0 Å². The summed E-state index contributed by atoms with van der Waals surface area (Å²) >= 11 is 2.85. The SMILES string of the molecule is CC(C)(C)c1cnc(CSc2cnc(NC(=O)Oc3ccc(OCCCC(=O)NO)cc3)s2)o1. The number of anilines is 1. The molecule has 0 saturated heterocycles. The molecule has 0 radical (unpaired) electrons. The van der Waals surface area contributed by atoms with Gasteiger partial charge in [0.1, 0.15) is 17.3 Å². The lowest BCUT2D eigenvalue weighted by atomic mass is 9.94. The normalized spacial score (nSPS) is 11.2. The third-order valence-corrected chi connectivity index (χ3v) is 6.39. The van der Waals surface area contributed by atoms with Crippen molar-refractivity contribution in [1.29, 1.82) is 0 Å². The van der Waals surface area contributed by atoms with Crippen LogP contribution in [0.15, 0.2) is 45.3 Å². The Hall–Kier alpha value is -3.09. The summed E-state index contributed by atoms with van der Waals surface area (Å²) in [6.07, 6.45) is 3.39. The molecule has 0 spiro atoms. The molecular weight excluding hydrogens is 480 g/mol. The lowest BCUT2D eigenvalue weighted by molar-refractivity contribution is -0.129. The van der Waals surface area contributed by atoms with Gasteiger partial charge >= 0.3 is 6.09 Å². The van der Waals surface area contributed by atoms with Gasteiger partial charge in [0, 0.05) is 11.8 Å². The number of hydrogen-bond acceptors (Lipinski definition) is 10. The molecule has 1 aromatic carbocycles. The van der Waals surface area contributed by atoms with Gasteiger partial charge < -0.3 is 13.9 Å². The minimum atomic E-state index is -0.655. The number of carbonyl (C=O) groups is 2. The van der Waals surface area contributed by atoms with Gasteiger partial charge in [-0.1, -0.05) is 32.1 Å². The zero-order valence-corrected chi connectivity index (χ0v) is 20.6. The van der Waals surface area contributed by atoms with Crippen LogP contribution in [0.1, 0.15) is 45.3 Å². The second-order valence-corrected chi connectivity index (χ2v) is 10.4. The van der Waals surface area contributed by atoms with E-state index in [2.05, 4.69) is 36.1 Å². The summed E-state index contributed by atoms with van der Waals surface area (Å²) in [6, 6.07) is 6.50. The van der Waals surface area contributed by atoms with Crippen molar-refractivity contribution in [3.05, 3.63) is 48.3 Å². The van der Waals surface area contributed by atoms with E-state index in [9.17, 15) is 9.59 Å². The minimum absolute atomic E-state index is 0.0919. The minimum Gasteiger partial charge on any atom is -0.494 e. The maximum absolute atomic E-state index is 12.2. The summed E-state index contributed by atoms with van der Waals surface area (Å²) in [4.78, 5) is 31.6. The van der Waals surface area contributed by atoms with Crippen molar-refractivity contribution in [1.82, 2.24) is 15.4 Å². The molecule has 0 bridgehead atoms. The Morgan fingerprint density at radius 1 is 1.15 bits per heavy atom. The van der Waals surface area contributed by atoms with Crippen molar-refractivity contribution in [2.45, 2.75) is 49.0 Å². The van der Waals surface area contributed by atoms with Crippen LogP contribution in [-0.4, -0.2) is 33.8 Å². The molecule has 2 amide bonds. The van der Waals surface area contributed by atoms with Crippen LogP contribution in [0.25, 0.3) is 0 Å². The van der Waals surface area contributed by atoms with Crippen LogP contribution in [0.4, 0.5) is 9.93 Å². The first kappa shape index (κ1) is 25.5. The fourth-order valence-electron chi connectivity index (χ4n) is 2.54. The summed E-state index contributed by atoms with van der Waals surface area (Å²) < 4.78 is 17.5. The number of aromatic nitrogens is 2. The second-order valence-electron chi connectivity index (χ2n) is 8.11. The first-order valence-electron chi connectivity index (χ1n) is 10.4. The van der Waals surface area contributed by atoms with Crippen LogP contribution in [0.2, 0.25) is 0 Å². The highest BCUT2D eigenvalue weighted by molar-refractivity contribution is 8.00. The molecule has 2 aromatic heterocycles. The highest BCUT2D eigenvalue weighted by atomic mass is 32.2. The third-order valence-electron chi connectivity index (χ3n) is 4.30. The second kappa shape index (κ2) is 11.9. The molecule has 34 heavy (non-hydrogen) atoms. The summed E-state index contributed by atoms with van der Waals surface area (Å²) in [5.74, 6) is 2.48. The number of benzene rings is 1. The van der Waals surface area contributed by atoms with Gasteiger partial charge in [0.25, 0.3) is 0 Å². The Morgan fingerprint density at radius 2 is 1.88 bits per heavy atom. The fraction of sp³-hybridized carbons (Fsp3) is 0.364. The van der Waals surface area contributed by atoms with Gasteiger partial charge in [-0.15, -0.1) is 11.8 Å². The van der Waals surface area contributed by atoms with Crippen molar-refractivity contribution in [3.8, 4) is 11.5 Å². The van der Waals surface area contributed by atoms with Gasteiger partial charge in [0.15, 0.2) is 5.13 Å². The maximum atomic E-state index is 12.2. The third kappa shape index (κ3) is 8.04. The number of thioether (sulfide) groups is 1. The van der Waals surface area contributed by atoms with E-state index in [-0.39, 0.29) is 11.8 Å². The Bertz CT molecular complexity index is 1090. The first-order valence-corrected chi connectivity index (χ1v) is 12.2. The molecule has 0 fully saturated rings. The van der Waals surface area contributed by atoms with Crippen LogP contribution >= 0.6 is 23.1 Å². The van der Waals surface area contributed by atoms with E-state index in [0.29, 0.717) is 41.3 Å². The van der Waals surface area contributed by atoms with Crippen LogP contribution in [0.5, 0.6) is 11.5 Å². The fourth-order valence-corrected chi connectivity index (χ4v) is 4.25. The van der Waals surface area contributed by atoms with E-state index in [1.54, 1.807) is 42.1 Å². The van der Waals surface area contributed by atoms with Gasteiger partial charge in [-0.2, -0.15) is 0 Å². The molecule has 12 heteroatoms. The number of hydrogen-bond donors (Lipinski definition) is 3. The number of rotatable bonds is 10. The first-order chi connectivity index (χ1) is 16.2. The van der Waals surface area contributed by atoms with Crippen molar-refractivity contribution in [2.75, 3.05) is 11.9 Å². The number of oxazole rings is 1. The molecule has 2 heterocycles. The molecular formula is C22H26N4O6S2. The van der Waals surface area contributed by atoms with Gasteiger partial charge in [0.05, 0.1) is 29.0 Å². The maximum Gasteiger partial charge on any atom is 0.418 e. The topological polar surface area (TPSA) is 136 Å². The highest BCUT2D eigenvalue weighted by Crippen LogP contribution is 2.32. The van der Waals surface area contributed by atoms with Gasteiger partial charge in [-0.05, 0) is 30.7 Å². The van der Waals surface area contributed by atoms with Gasteiger partial charge in [0.2, 0.25) is 11.8 Å². The Kier molecular flexibility index (Phi) is 8.91. The number of hydroxylamine groups is 1. The molecule has 0 unspecified atom stereocenters. The Labute approximate surface area is 205 Å². The Morgan fingerprint density at radius 3 is 2.56 bits per heavy atom. The van der Waals surface area contributed by atoms with E-state index < -0.39 is 12.0 Å². The van der Waals surface area contributed by atoms with Crippen molar-refractivity contribution in [3.63, 3.8) is 0 Å². The molecule has 10 nitrogen and oxygen atoms in total. The lowest BCUT2D eigenvalue weighted by Gasteiger charge is -2.12. The monoisotopic (exact) mass is 506 g/mol. The van der Waals surface area contributed by atoms with E-state index in [1.165, 1.54) is 23.1 Å². The number of thiazole rings is 1. The molecule has 3 aromatic rings. The average molecular weight is 507 g/mol. The standard InChI is InChI=1S/C22H26N4O6S2/c1-22(2,3)16-11-23-18(32-16)13-33-19-12-24-20(34-19)25-21(28)31-15-8-6-14(7-9-15)30-10-4-5-17(27)26-29/h6-9,11-12,29H,4-5,10,13H2,1-3H3,(H,26,27)(H,24,25,28). The quantitative estimate of drug-likeness (QED) is 0.150. The molecule has 0 aliphatic heterocycles. The van der Waals surface area contributed by atoms with Gasteiger partial charge in [-0.3, -0.25) is 15.3 Å². The number of ether oxygens (including phenoxy) is 2. The van der Waals surface area contributed by atoms with E-state index in [4.69, 9.17) is 19.1 Å². The summed E-state index contributed by atoms with van der Waals surface area (Å²) in [5.41, 5.74) is 1.47. The number of nitrogens with one attached hydrogen (secondary N) is 2. The number of carbonyl (C=O) groups excluding carboxylic acids is 2. The van der Waals surface area contributed by atoms with E-state index in [0.717, 1.165) is 9.97 Å². The van der Waals surface area contributed by atoms with Crippen LogP contribution < -0.4 is 20.3 Å². The predicted molar refractivity (Wildman–Crippen MR) is 128 cm³/mol. The summed E-state index contributed by atoms with van der Waals surface area (Å²) in [6.45, 7) is 6.51. The van der Waals surface area contributed by atoms with Crippen LogP contribution in [0.3, 0.4) is 0 Å². The number of amides is 2. The molecule has 3 rings (SSSR count). The molecule has 0 aliphatic rings.